The maximum absolute atomic E-state index is 5.54. The number of hydrogen-bond acceptors (Lipinski definition) is 3. The van der Waals surface area contributed by atoms with E-state index in [0.29, 0.717) is 0 Å². The summed E-state index contributed by atoms with van der Waals surface area (Å²) in [6.45, 7) is 5.86. The highest BCUT2D eigenvalue weighted by Gasteiger charge is 2.08. The first kappa shape index (κ1) is 14.8. The van der Waals surface area contributed by atoms with Gasteiger partial charge in [-0.2, -0.15) is 0 Å². The number of rotatable bonds is 8. The number of hydrogen-bond donors (Lipinski definition) is 1. The van der Waals surface area contributed by atoms with Crippen LogP contribution >= 0.6 is 0 Å². The highest BCUT2D eigenvalue weighted by Crippen LogP contribution is 2.13. The number of furan rings is 1. The number of benzene rings is 1. The molecule has 0 unspecified atom stereocenters. The average Bonchev–Trinajstić information content (AvgIpc) is 2.91. The van der Waals surface area contributed by atoms with E-state index >= 15 is 0 Å². The van der Waals surface area contributed by atoms with E-state index in [2.05, 4.69) is 60.6 Å². The fourth-order valence-electron chi connectivity index (χ4n) is 2.24. The quantitative estimate of drug-likeness (QED) is 0.800. The summed E-state index contributed by atoms with van der Waals surface area (Å²) >= 11 is 0. The monoisotopic (exact) mass is 272 g/mol. The summed E-state index contributed by atoms with van der Waals surface area (Å²) in [7, 11) is 2.16. The Labute approximate surface area is 121 Å². The molecule has 0 saturated carbocycles. The first-order valence-electron chi connectivity index (χ1n) is 7.28. The molecule has 0 aliphatic heterocycles. The zero-order chi connectivity index (χ0) is 14.2. The van der Waals surface area contributed by atoms with Crippen molar-refractivity contribution in [1.82, 2.24) is 10.2 Å². The van der Waals surface area contributed by atoms with Gasteiger partial charge in [-0.25, -0.2) is 0 Å². The standard InChI is InChI=1S/C17H24N2O/c1-3-18-13-17-16(10-12-20-17)14-19(2)11-9-15-7-5-4-6-8-15/h4-8,10,12,18H,3,9,11,13-14H2,1-2H3. The molecule has 1 heterocycles. The van der Waals surface area contributed by atoms with Gasteiger partial charge >= 0.3 is 0 Å². The van der Waals surface area contributed by atoms with Gasteiger partial charge in [-0.05, 0) is 31.6 Å². The third-order valence-corrected chi connectivity index (χ3v) is 3.44. The summed E-state index contributed by atoms with van der Waals surface area (Å²) in [5.74, 6) is 1.05. The summed E-state index contributed by atoms with van der Waals surface area (Å²) in [6, 6.07) is 12.7. The van der Waals surface area contributed by atoms with Crippen molar-refractivity contribution in [3.05, 3.63) is 59.5 Å². The van der Waals surface area contributed by atoms with Crippen LogP contribution in [0.25, 0.3) is 0 Å². The number of nitrogens with zero attached hydrogens (tertiary/aromatic N) is 1. The van der Waals surface area contributed by atoms with Crippen molar-refractivity contribution in [3.63, 3.8) is 0 Å². The van der Waals surface area contributed by atoms with Gasteiger partial charge in [0.05, 0.1) is 12.8 Å². The van der Waals surface area contributed by atoms with Crippen molar-refractivity contribution in [3.8, 4) is 0 Å². The summed E-state index contributed by atoms with van der Waals surface area (Å²) in [6.07, 6.45) is 2.87. The van der Waals surface area contributed by atoms with E-state index in [1.807, 2.05) is 0 Å². The zero-order valence-electron chi connectivity index (χ0n) is 12.4. The molecule has 3 nitrogen and oxygen atoms in total. The zero-order valence-corrected chi connectivity index (χ0v) is 12.4. The van der Waals surface area contributed by atoms with E-state index in [1.165, 1.54) is 11.1 Å². The van der Waals surface area contributed by atoms with Crippen LogP contribution in [0.15, 0.2) is 47.1 Å². The Morgan fingerprint density at radius 2 is 1.95 bits per heavy atom. The highest BCUT2D eigenvalue weighted by atomic mass is 16.3. The van der Waals surface area contributed by atoms with Gasteiger partial charge in [0.15, 0.2) is 0 Å². The van der Waals surface area contributed by atoms with Gasteiger partial charge in [0, 0.05) is 18.7 Å². The second-order valence-electron chi connectivity index (χ2n) is 5.12. The molecule has 0 spiro atoms. The van der Waals surface area contributed by atoms with Gasteiger partial charge in [0.2, 0.25) is 0 Å². The van der Waals surface area contributed by atoms with Crippen LogP contribution < -0.4 is 5.32 Å². The third kappa shape index (κ3) is 4.51. The molecule has 1 N–H and O–H groups in total. The number of likely N-dealkylation sites (N-methyl/N-ethyl adjacent to an activating group) is 1. The van der Waals surface area contributed by atoms with Gasteiger partial charge in [-0.15, -0.1) is 0 Å². The summed E-state index contributed by atoms with van der Waals surface area (Å²) in [5, 5.41) is 3.31. The van der Waals surface area contributed by atoms with Crippen LogP contribution in [-0.2, 0) is 19.5 Å². The molecule has 2 rings (SSSR count). The SMILES string of the molecule is CCNCc1occc1CN(C)CCc1ccccc1. The molecular weight excluding hydrogens is 248 g/mol. The predicted molar refractivity (Wildman–Crippen MR) is 82.6 cm³/mol. The summed E-state index contributed by atoms with van der Waals surface area (Å²) < 4.78 is 5.54. The van der Waals surface area contributed by atoms with Crippen LogP contribution in [0, 0.1) is 0 Å². The van der Waals surface area contributed by atoms with Crippen molar-refractivity contribution in [1.29, 1.82) is 0 Å². The molecule has 0 fully saturated rings. The fourth-order valence-corrected chi connectivity index (χ4v) is 2.24. The van der Waals surface area contributed by atoms with Crippen LogP contribution in [0.1, 0.15) is 23.8 Å². The van der Waals surface area contributed by atoms with Gasteiger partial charge in [-0.1, -0.05) is 37.3 Å². The van der Waals surface area contributed by atoms with Crippen LogP contribution in [-0.4, -0.2) is 25.0 Å². The van der Waals surface area contributed by atoms with Crippen LogP contribution in [0.5, 0.6) is 0 Å². The lowest BCUT2D eigenvalue weighted by molar-refractivity contribution is 0.326. The molecule has 0 aliphatic rings. The molecule has 20 heavy (non-hydrogen) atoms. The fraction of sp³-hybridized carbons (Fsp3) is 0.412. The first-order chi connectivity index (χ1) is 9.79. The Hall–Kier alpha value is -1.58. The molecule has 0 atom stereocenters. The smallest absolute Gasteiger partial charge is 0.122 e. The topological polar surface area (TPSA) is 28.4 Å². The Morgan fingerprint density at radius 1 is 1.15 bits per heavy atom. The van der Waals surface area contributed by atoms with Crippen molar-refractivity contribution >= 4 is 0 Å². The normalized spacial score (nSPS) is 11.2. The van der Waals surface area contributed by atoms with E-state index < -0.39 is 0 Å². The van der Waals surface area contributed by atoms with Crippen LogP contribution in [0.2, 0.25) is 0 Å². The lowest BCUT2D eigenvalue weighted by Crippen LogP contribution is -2.22. The third-order valence-electron chi connectivity index (χ3n) is 3.44. The molecule has 0 aliphatic carbocycles. The Balaban J connectivity index is 1.82. The Kier molecular flexibility index (Phi) is 5.84. The van der Waals surface area contributed by atoms with Gasteiger partial charge in [0.25, 0.3) is 0 Å². The van der Waals surface area contributed by atoms with Crippen LogP contribution in [0.4, 0.5) is 0 Å². The maximum atomic E-state index is 5.54. The molecule has 1 aromatic heterocycles. The summed E-state index contributed by atoms with van der Waals surface area (Å²) in [4.78, 5) is 2.34. The minimum atomic E-state index is 0.811. The van der Waals surface area contributed by atoms with Crippen molar-refractivity contribution in [2.24, 2.45) is 0 Å². The van der Waals surface area contributed by atoms with Crippen molar-refractivity contribution in [2.75, 3.05) is 20.1 Å². The second kappa shape index (κ2) is 7.88. The first-order valence-corrected chi connectivity index (χ1v) is 7.28. The molecule has 2 aromatic rings. The van der Waals surface area contributed by atoms with E-state index in [-0.39, 0.29) is 0 Å². The Bertz CT molecular complexity index is 493. The predicted octanol–water partition coefficient (Wildman–Crippen LogP) is 3.06. The average molecular weight is 272 g/mol. The lowest BCUT2D eigenvalue weighted by Gasteiger charge is -2.16. The maximum Gasteiger partial charge on any atom is 0.122 e. The van der Waals surface area contributed by atoms with Crippen molar-refractivity contribution < 1.29 is 4.42 Å². The lowest BCUT2D eigenvalue weighted by atomic mass is 10.1. The largest absolute Gasteiger partial charge is 0.468 e. The van der Waals surface area contributed by atoms with Gasteiger partial charge in [-0.3, -0.25) is 0 Å². The van der Waals surface area contributed by atoms with E-state index in [1.54, 1.807) is 6.26 Å². The molecule has 0 amide bonds. The van der Waals surface area contributed by atoms with E-state index in [0.717, 1.165) is 38.4 Å². The van der Waals surface area contributed by atoms with Crippen molar-refractivity contribution in [2.45, 2.75) is 26.4 Å². The molecule has 1 aromatic carbocycles. The highest BCUT2D eigenvalue weighted by molar-refractivity contribution is 5.17. The minimum Gasteiger partial charge on any atom is -0.468 e. The molecule has 0 saturated heterocycles. The van der Waals surface area contributed by atoms with Gasteiger partial charge < -0.3 is 14.6 Å². The van der Waals surface area contributed by atoms with Crippen LogP contribution in [0.3, 0.4) is 0 Å². The van der Waals surface area contributed by atoms with Gasteiger partial charge in [0.1, 0.15) is 5.76 Å². The second-order valence-corrected chi connectivity index (χ2v) is 5.12. The molecule has 108 valence electrons. The molecular formula is C17H24N2O. The van der Waals surface area contributed by atoms with E-state index in [9.17, 15) is 0 Å². The minimum absolute atomic E-state index is 0.811. The molecule has 3 heteroatoms. The number of nitrogens with one attached hydrogen (secondary N) is 1. The van der Waals surface area contributed by atoms with E-state index in [4.69, 9.17) is 4.42 Å². The summed E-state index contributed by atoms with van der Waals surface area (Å²) in [5.41, 5.74) is 2.67. The molecule has 0 bridgehead atoms. The molecule has 0 radical (unpaired) electrons. The Morgan fingerprint density at radius 3 is 2.70 bits per heavy atom.